The molecule has 0 unspecified atom stereocenters. The van der Waals surface area contributed by atoms with Gasteiger partial charge in [-0.05, 0) is 42.0 Å². The summed E-state index contributed by atoms with van der Waals surface area (Å²) in [6.45, 7) is 2.28. The molecule has 4 N–H and O–H groups in total. The number of fused-ring (bicyclic) bond motifs is 5. The first-order chi connectivity index (χ1) is 19.7. The first-order valence-corrected chi connectivity index (χ1v) is 13.5. The number of amides is 1. The first-order valence-electron chi connectivity index (χ1n) is 13.5. The van der Waals surface area contributed by atoms with E-state index in [1.54, 1.807) is 36.4 Å². The molecule has 0 saturated carbocycles. The summed E-state index contributed by atoms with van der Waals surface area (Å²) in [6, 6.07) is 13.3. The molecule has 4 aromatic rings. The Morgan fingerprint density at radius 3 is 2.76 bits per heavy atom. The van der Waals surface area contributed by atoms with E-state index in [1.165, 1.54) is 13.2 Å². The summed E-state index contributed by atoms with van der Waals surface area (Å²) in [4.78, 5) is 55.5. The number of rotatable bonds is 7. The molecule has 3 aromatic heterocycles. The highest BCUT2D eigenvalue weighted by atomic mass is 16.5. The number of carbonyl (C=O) groups excluding carboxylic acids is 1. The number of carbonyl (C=O) groups is 1. The Kier molecular flexibility index (Phi) is 6.74. The number of piperidine rings is 1. The number of methoxy groups -OCH3 is 1. The largest absolute Gasteiger partial charge is 0.502 e. The van der Waals surface area contributed by atoms with Crippen LogP contribution in [0.2, 0.25) is 0 Å². The summed E-state index contributed by atoms with van der Waals surface area (Å²) in [5.74, 6) is -1.38. The number of H-pyrrole nitrogens is 1. The van der Waals surface area contributed by atoms with Gasteiger partial charge in [0, 0.05) is 61.4 Å². The standard InChI is InChI=1S/C30H30N4O7/c1-40-19-6-5-17-8-22(30(39)32-23(17)9-19)21(11-26(31)36)29-28(38)25(35)10-20(41-29)15-33-12-16-7-18(14-33)24-3-2-4-27(37)34(24)13-16/h2-6,8-10,16,18,21,38H,7,11-15H2,1H3,(H2,31,36)(H,32,39)/t16-,18+,21+/m1/s1. The van der Waals surface area contributed by atoms with Gasteiger partial charge in [0.25, 0.3) is 11.1 Å². The van der Waals surface area contributed by atoms with Crippen molar-refractivity contribution in [2.45, 2.75) is 37.8 Å². The molecule has 2 aliphatic heterocycles. The number of nitrogens with zero attached hydrogens (tertiary/aromatic N) is 2. The normalized spacial score (nSPS) is 19.0. The zero-order valence-electron chi connectivity index (χ0n) is 22.5. The number of aromatic nitrogens is 2. The Labute approximate surface area is 233 Å². The van der Waals surface area contributed by atoms with E-state index < -0.39 is 28.6 Å². The fraction of sp³-hybridized carbons (Fsp3) is 0.333. The predicted molar refractivity (Wildman–Crippen MR) is 150 cm³/mol. The maximum atomic E-state index is 13.2. The second kappa shape index (κ2) is 10.4. The number of hydrogen-bond acceptors (Lipinski definition) is 8. The van der Waals surface area contributed by atoms with E-state index in [-0.39, 0.29) is 41.7 Å². The first kappa shape index (κ1) is 26.6. The number of nitrogens with two attached hydrogens (primary N) is 1. The summed E-state index contributed by atoms with van der Waals surface area (Å²) < 4.78 is 13.2. The van der Waals surface area contributed by atoms with Gasteiger partial charge in [-0.15, -0.1) is 0 Å². The lowest BCUT2D eigenvalue weighted by Gasteiger charge is -2.42. The van der Waals surface area contributed by atoms with Gasteiger partial charge in [-0.2, -0.15) is 0 Å². The molecule has 0 radical (unpaired) electrons. The number of nitrogens with one attached hydrogen (secondary N) is 1. The zero-order valence-corrected chi connectivity index (χ0v) is 22.5. The Hall–Kier alpha value is -4.64. The lowest BCUT2D eigenvalue weighted by atomic mass is 9.83. The van der Waals surface area contributed by atoms with E-state index >= 15 is 0 Å². The van der Waals surface area contributed by atoms with Gasteiger partial charge in [-0.25, -0.2) is 0 Å². The zero-order chi connectivity index (χ0) is 28.8. The number of aromatic hydroxyl groups is 1. The number of hydrogen-bond donors (Lipinski definition) is 3. The third-order valence-electron chi connectivity index (χ3n) is 8.11. The number of ether oxygens (including phenoxy) is 1. The van der Waals surface area contributed by atoms with E-state index in [1.807, 2.05) is 10.6 Å². The average Bonchev–Trinajstić information content (AvgIpc) is 2.93. The highest BCUT2D eigenvalue weighted by Gasteiger charge is 2.35. The minimum Gasteiger partial charge on any atom is -0.502 e. The van der Waals surface area contributed by atoms with Crippen LogP contribution in [0.15, 0.2) is 67.3 Å². The number of likely N-dealkylation sites (tertiary alicyclic amines) is 1. The number of aromatic amines is 1. The minimum absolute atomic E-state index is 0.00290. The van der Waals surface area contributed by atoms with E-state index in [9.17, 15) is 24.3 Å². The molecule has 11 heteroatoms. The van der Waals surface area contributed by atoms with Crippen LogP contribution in [-0.2, 0) is 17.9 Å². The third-order valence-corrected chi connectivity index (χ3v) is 8.11. The molecule has 0 spiro atoms. The van der Waals surface area contributed by atoms with Crippen molar-refractivity contribution < 1.29 is 19.1 Å². The van der Waals surface area contributed by atoms with Crippen molar-refractivity contribution in [2.24, 2.45) is 11.7 Å². The molecular formula is C30H30N4O7. The van der Waals surface area contributed by atoms with Crippen molar-refractivity contribution >= 4 is 16.8 Å². The number of pyridine rings is 2. The van der Waals surface area contributed by atoms with Crippen LogP contribution in [0.3, 0.4) is 0 Å². The van der Waals surface area contributed by atoms with Gasteiger partial charge in [-0.3, -0.25) is 24.1 Å². The van der Waals surface area contributed by atoms with Crippen LogP contribution in [0.5, 0.6) is 11.5 Å². The maximum Gasteiger partial charge on any atom is 0.252 e. The highest BCUT2D eigenvalue weighted by molar-refractivity contribution is 5.81. The highest BCUT2D eigenvalue weighted by Crippen LogP contribution is 2.37. The van der Waals surface area contributed by atoms with Gasteiger partial charge in [0.05, 0.1) is 25.1 Å². The van der Waals surface area contributed by atoms with Crippen molar-refractivity contribution in [2.75, 3.05) is 20.2 Å². The lowest BCUT2D eigenvalue weighted by Crippen LogP contribution is -2.46. The van der Waals surface area contributed by atoms with Crippen LogP contribution in [-0.4, -0.2) is 45.7 Å². The van der Waals surface area contributed by atoms with Crippen molar-refractivity contribution in [3.8, 4) is 11.5 Å². The van der Waals surface area contributed by atoms with Gasteiger partial charge in [0.1, 0.15) is 11.5 Å². The Morgan fingerprint density at radius 2 is 1.98 bits per heavy atom. The summed E-state index contributed by atoms with van der Waals surface area (Å²) in [5, 5.41) is 11.4. The molecule has 1 fully saturated rings. The van der Waals surface area contributed by atoms with Crippen molar-refractivity contribution in [1.82, 2.24) is 14.5 Å². The third kappa shape index (κ3) is 5.04. The Balaban J connectivity index is 1.35. The molecule has 2 aliphatic rings. The number of primary amides is 1. The van der Waals surface area contributed by atoms with Gasteiger partial charge < -0.3 is 29.5 Å². The molecule has 1 amide bonds. The quantitative estimate of drug-likeness (QED) is 0.310. The van der Waals surface area contributed by atoms with E-state index in [0.717, 1.165) is 12.1 Å². The average molecular weight is 559 g/mol. The molecular weight excluding hydrogens is 528 g/mol. The van der Waals surface area contributed by atoms with Gasteiger partial charge in [0.2, 0.25) is 17.1 Å². The maximum absolute atomic E-state index is 13.2. The molecule has 3 atom stereocenters. The van der Waals surface area contributed by atoms with Crippen molar-refractivity contribution in [3.63, 3.8) is 0 Å². The van der Waals surface area contributed by atoms with Crippen LogP contribution >= 0.6 is 0 Å². The smallest absolute Gasteiger partial charge is 0.252 e. The van der Waals surface area contributed by atoms with E-state index in [4.69, 9.17) is 14.9 Å². The molecule has 1 aromatic carbocycles. The molecule has 1 saturated heterocycles. The van der Waals surface area contributed by atoms with Crippen LogP contribution in [0.1, 0.15) is 47.5 Å². The van der Waals surface area contributed by atoms with Crippen LogP contribution in [0.25, 0.3) is 10.9 Å². The lowest BCUT2D eigenvalue weighted by molar-refractivity contribution is -0.118. The molecule has 5 heterocycles. The fourth-order valence-corrected chi connectivity index (χ4v) is 6.34. The summed E-state index contributed by atoms with van der Waals surface area (Å²) in [6.07, 6.45) is 0.617. The van der Waals surface area contributed by atoms with Gasteiger partial charge >= 0.3 is 0 Å². The molecule has 212 valence electrons. The second-order valence-corrected chi connectivity index (χ2v) is 10.9. The Bertz CT molecular complexity index is 1840. The van der Waals surface area contributed by atoms with Crippen molar-refractivity contribution in [1.29, 1.82) is 0 Å². The van der Waals surface area contributed by atoms with Gasteiger partial charge in [0.15, 0.2) is 5.76 Å². The van der Waals surface area contributed by atoms with E-state index in [0.29, 0.717) is 42.0 Å². The van der Waals surface area contributed by atoms with Crippen LogP contribution in [0, 0.1) is 5.92 Å². The summed E-state index contributed by atoms with van der Waals surface area (Å²) >= 11 is 0. The SMILES string of the molecule is COc1ccc2cc([C@H](CC(N)=O)c3oc(CN4C[C@H]5C[C@@H](C4)c4cccc(=O)n4C5)cc(=O)c3O)c(=O)[nH]c2c1. The second-order valence-electron chi connectivity index (χ2n) is 10.9. The molecule has 6 rings (SSSR count). The van der Waals surface area contributed by atoms with Gasteiger partial charge in [-0.1, -0.05) is 6.07 Å². The minimum atomic E-state index is -1.09. The molecule has 41 heavy (non-hydrogen) atoms. The summed E-state index contributed by atoms with van der Waals surface area (Å²) in [5.41, 5.74) is 6.02. The summed E-state index contributed by atoms with van der Waals surface area (Å²) in [7, 11) is 1.52. The monoisotopic (exact) mass is 558 g/mol. The number of benzene rings is 1. The topological polar surface area (TPSA) is 161 Å². The van der Waals surface area contributed by atoms with E-state index in [2.05, 4.69) is 9.88 Å². The fourth-order valence-electron chi connectivity index (χ4n) is 6.34. The Morgan fingerprint density at radius 1 is 1.15 bits per heavy atom. The molecule has 0 aliphatic carbocycles. The van der Waals surface area contributed by atoms with Crippen LogP contribution in [0.4, 0.5) is 0 Å². The molecule has 11 nitrogen and oxygen atoms in total. The van der Waals surface area contributed by atoms with Crippen molar-refractivity contribution in [3.05, 3.63) is 102 Å². The predicted octanol–water partition coefficient (Wildman–Crippen LogP) is 1.98. The molecule has 2 bridgehead atoms. The van der Waals surface area contributed by atoms with Crippen LogP contribution < -0.4 is 27.0 Å².